The van der Waals surface area contributed by atoms with Crippen LogP contribution >= 0.6 is 0 Å². The molecule has 2 fully saturated rings. The van der Waals surface area contributed by atoms with E-state index in [0.717, 1.165) is 25.7 Å². The van der Waals surface area contributed by atoms with Crippen molar-refractivity contribution in [2.45, 2.75) is 63.5 Å². The summed E-state index contributed by atoms with van der Waals surface area (Å²) < 4.78 is 5.02. The standard InChI is InChI=1S/C17H29N3O5/c18-17(24)25-14(8-11-4-2-1-3-5-11)16(23)20-13(10-21)9-12-6-7-19-15(12)22/h11-14,21H,1-10H2,(H2,18,24)(H,19,22)(H,20,23)/t12-,13?,14?/m0/s1. The summed E-state index contributed by atoms with van der Waals surface area (Å²) in [5, 5.41) is 15.0. The van der Waals surface area contributed by atoms with Gasteiger partial charge in [0, 0.05) is 12.5 Å². The molecule has 8 heteroatoms. The first-order valence-electron chi connectivity index (χ1n) is 9.14. The van der Waals surface area contributed by atoms with Crippen molar-refractivity contribution in [1.29, 1.82) is 0 Å². The van der Waals surface area contributed by atoms with Crippen molar-refractivity contribution < 1.29 is 24.2 Å². The van der Waals surface area contributed by atoms with Gasteiger partial charge in [-0.25, -0.2) is 4.79 Å². The largest absolute Gasteiger partial charge is 0.436 e. The van der Waals surface area contributed by atoms with E-state index in [-0.39, 0.29) is 18.4 Å². The molecule has 1 saturated heterocycles. The molecule has 142 valence electrons. The Bertz CT molecular complexity index is 479. The van der Waals surface area contributed by atoms with Gasteiger partial charge in [0.1, 0.15) is 0 Å². The van der Waals surface area contributed by atoms with E-state index in [4.69, 9.17) is 10.5 Å². The van der Waals surface area contributed by atoms with Gasteiger partial charge in [-0.1, -0.05) is 32.1 Å². The van der Waals surface area contributed by atoms with Gasteiger partial charge in [-0.3, -0.25) is 9.59 Å². The Morgan fingerprint density at radius 2 is 1.96 bits per heavy atom. The van der Waals surface area contributed by atoms with Gasteiger partial charge in [-0.2, -0.15) is 0 Å². The van der Waals surface area contributed by atoms with Crippen molar-refractivity contribution >= 4 is 17.9 Å². The van der Waals surface area contributed by atoms with E-state index in [1.165, 1.54) is 6.42 Å². The number of nitrogens with two attached hydrogens (primary N) is 1. The van der Waals surface area contributed by atoms with Crippen LogP contribution in [0.25, 0.3) is 0 Å². The first-order chi connectivity index (χ1) is 12.0. The lowest BCUT2D eigenvalue weighted by Crippen LogP contribution is -2.47. The van der Waals surface area contributed by atoms with Gasteiger partial charge in [0.15, 0.2) is 6.10 Å². The van der Waals surface area contributed by atoms with Crippen molar-refractivity contribution in [2.24, 2.45) is 17.6 Å². The van der Waals surface area contributed by atoms with E-state index >= 15 is 0 Å². The third-order valence-electron chi connectivity index (χ3n) is 5.12. The van der Waals surface area contributed by atoms with E-state index in [1.54, 1.807) is 0 Å². The molecule has 0 spiro atoms. The average molecular weight is 355 g/mol. The lowest BCUT2D eigenvalue weighted by molar-refractivity contribution is -0.132. The molecule has 1 saturated carbocycles. The van der Waals surface area contributed by atoms with Crippen molar-refractivity contribution in [3.8, 4) is 0 Å². The molecule has 25 heavy (non-hydrogen) atoms. The Morgan fingerprint density at radius 3 is 2.52 bits per heavy atom. The molecule has 0 aromatic rings. The predicted octanol–water partition coefficient (Wildman–Crippen LogP) is 0.424. The highest BCUT2D eigenvalue weighted by Gasteiger charge is 2.31. The van der Waals surface area contributed by atoms with Gasteiger partial charge in [-0.15, -0.1) is 0 Å². The molecule has 8 nitrogen and oxygen atoms in total. The molecule has 1 aliphatic heterocycles. The zero-order chi connectivity index (χ0) is 18.2. The fraction of sp³-hybridized carbons (Fsp3) is 0.824. The van der Waals surface area contributed by atoms with Crippen LogP contribution in [0.4, 0.5) is 4.79 Å². The van der Waals surface area contributed by atoms with Crippen molar-refractivity contribution in [2.75, 3.05) is 13.2 Å². The molecule has 1 aliphatic carbocycles. The number of aliphatic hydroxyl groups excluding tert-OH is 1. The number of hydrogen-bond donors (Lipinski definition) is 4. The van der Waals surface area contributed by atoms with E-state index in [0.29, 0.717) is 31.7 Å². The maximum absolute atomic E-state index is 12.5. The van der Waals surface area contributed by atoms with Gasteiger partial charge in [0.2, 0.25) is 5.91 Å². The number of primary amides is 1. The lowest BCUT2D eigenvalue weighted by Gasteiger charge is -2.27. The van der Waals surface area contributed by atoms with Gasteiger partial charge in [0.05, 0.1) is 12.6 Å². The molecule has 0 aromatic heterocycles. The zero-order valence-electron chi connectivity index (χ0n) is 14.5. The summed E-state index contributed by atoms with van der Waals surface area (Å²) in [5.74, 6) is -0.398. The maximum Gasteiger partial charge on any atom is 0.405 e. The second kappa shape index (κ2) is 9.60. The summed E-state index contributed by atoms with van der Waals surface area (Å²) in [5.41, 5.74) is 5.11. The number of carbonyl (C=O) groups is 3. The molecule has 2 aliphatic rings. The molecule has 0 radical (unpaired) electrons. The Labute approximate surface area is 147 Å². The quantitative estimate of drug-likeness (QED) is 0.501. The summed E-state index contributed by atoms with van der Waals surface area (Å²) in [6.07, 6.45) is 5.01. The third-order valence-corrected chi connectivity index (χ3v) is 5.12. The normalized spacial score (nSPS) is 23.6. The maximum atomic E-state index is 12.5. The number of amides is 3. The fourth-order valence-electron chi connectivity index (χ4n) is 3.76. The van der Waals surface area contributed by atoms with Crippen LogP contribution in [0, 0.1) is 11.8 Å². The van der Waals surface area contributed by atoms with Crippen LogP contribution in [-0.4, -0.2) is 48.3 Å². The van der Waals surface area contributed by atoms with E-state index in [1.807, 2.05) is 0 Å². The first kappa shape index (κ1) is 19.5. The smallest absolute Gasteiger partial charge is 0.405 e. The van der Waals surface area contributed by atoms with Crippen LogP contribution in [0.3, 0.4) is 0 Å². The number of ether oxygens (including phenoxy) is 1. The summed E-state index contributed by atoms with van der Waals surface area (Å²) in [4.78, 5) is 35.3. The van der Waals surface area contributed by atoms with Gasteiger partial charge in [0.25, 0.3) is 5.91 Å². The van der Waals surface area contributed by atoms with Crippen molar-refractivity contribution in [1.82, 2.24) is 10.6 Å². The first-order valence-corrected chi connectivity index (χ1v) is 9.14. The molecular weight excluding hydrogens is 326 g/mol. The molecule has 5 N–H and O–H groups in total. The summed E-state index contributed by atoms with van der Waals surface area (Å²) in [6, 6.07) is -0.549. The minimum Gasteiger partial charge on any atom is -0.436 e. The van der Waals surface area contributed by atoms with Crippen LogP contribution in [0.2, 0.25) is 0 Å². The Hall–Kier alpha value is -1.83. The third kappa shape index (κ3) is 6.19. The monoisotopic (exact) mass is 355 g/mol. The zero-order valence-corrected chi connectivity index (χ0v) is 14.5. The fourth-order valence-corrected chi connectivity index (χ4v) is 3.76. The van der Waals surface area contributed by atoms with Crippen LogP contribution in [0.15, 0.2) is 0 Å². The molecule has 0 bridgehead atoms. The van der Waals surface area contributed by atoms with Crippen LogP contribution in [0.1, 0.15) is 51.4 Å². The Kier molecular flexibility index (Phi) is 7.49. The number of carbonyl (C=O) groups excluding carboxylic acids is 3. The molecule has 3 amide bonds. The van der Waals surface area contributed by atoms with Crippen molar-refractivity contribution in [3.05, 3.63) is 0 Å². The van der Waals surface area contributed by atoms with Gasteiger partial charge < -0.3 is 26.2 Å². The summed E-state index contributed by atoms with van der Waals surface area (Å²) >= 11 is 0. The molecule has 2 rings (SSSR count). The minimum absolute atomic E-state index is 0.0557. The Morgan fingerprint density at radius 1 is 1.24 bits per heavy atom. The summed E-state index contributed by atoms with van der Waals surface area (Å²) in [6.45, 7) is 0.340. The highest BCUT2D eigenvalue weighted by Crippen LogP contribution is 2.28. The molecule has 1 heterocycles. The lowest BCUT2D eigenvalue weighted by atomic mass is 9.85. The number of nitrogens with one attached hydrogen (secondary N) is 2. The number of hydrogen-bond acceptors (Lipinski definition) is 5. The highest BCUT2D eigenvalue weighted by molar-refractivity contribution is 5.84. The number of aliphatic hydroxyl groups is 1. The Balaban J connectivity index is 1.91. The second-order valence-corrected chi connectivity index (χ2v) is 7.07. The molecule has 3 atom stereocenters. The average Bonchev–Trinajstić information content (AvgIpc) is 2.99. The van der Waals surface area contributed by atoms with Crippen LogP contribution in [0.5, 0.6) is 0 Å². The van der Waals surface area contributed by atoms with Crippen molar-refractivity contribution in [3.63, 3.8) is 0 Å². The molecule has 2 unspecified atom stereocenters. The summed E-state index contributed by atoms with van der Waals surface area (Å²) in [7, 11) is 0. The predicted molar refractivity (Wildman–Crippen MR) is 90.4 cm³/mol. The van der Waals surface area contributed by atoms with Crippen LogP contribution < -0.4 is 16.4 Å². The SMILES string of the molecule is NC(=O)OC(CC1CCCCC1)C(=O)NC(CO)C[C@@H]1CCNC1=O. The highest BCUT2D eigenvalue weighted by atomic mass is 16.6. The molecule has 0 aromatic carbocycles. The van der Waals surface area contributed by atoms with E-state index in [2.05, 4.69) is 10.6 Å². The minimum atomic E-state index is -0.980. The van der Waals surface area contributed by atoms with E-state index in [9.17, 15) is 19.5 Å². The van der Waals surface area contributed by atoms with Crippen LogP contribution in [-0.2, 0) is 14.3 Å². The van der Waals surface area contributed by atoms with E-state index < -0.39 is 24.1 Å². The van der Waals surface area contributed by atoms with Gasteiger partial charge in [-0.05, 0) is 25.2 Å². The molecular formula is C17H29N3O5. The second-order valence-electron chi connectivity index (χ2n) is 7.07. The number of rotatable bonds is 8. The topological polar surface area (TPSA) is 131 Å². The van der Waals surface area contributed by atoms with Gasteiger partial charge >= 0.3 is 6.09 Å².